The van der Waals surface area contributed by atoms with Crippen LogP contribution in [-0.2, 0) is 4.74 Å². The van der Waals surface area contributed by atoms with Crippen molar-refractivity contribution in [3.05, 3.63) is 63.3 Å². The number of hydrogen-bond donors (Lipinski definition) is 0. The van der Waals surface area contributed by atoms with E-state index >= 15 is 0 Å². The fourth-order valence-corrected chi connectivity index (χ4v) is 4.66. The van der Waals surface area contributed by atoms with Crippen molar-refractivity contribution in [2.45, 2.75) is 33.2 Å². The summed E-state index contributed by atoms with van der Waals surface area (Å²) in [5.74, 6) is 0.119. The largest absolute Gasteiger partial charge is 0.422 e. The minimum Gasteiger partial charge on any atom is -0.422 e. The van der Waals surface area contributed by atoms with Crippen molar-refractivity contribution < 1.29 is 13.9 Å². The number of carbonyl (C=O) groups excluding carboxylic acids is 1. The number of ether oxygens (including phenoxy) is 1. The number of carbonyl (C=O) groups is 1. The molecular formula is C26H28N4O4. The molecule has 8 heteroatoms. The summed E-state index contributed by atoms with van der Waals surface area (Å²) in [5.41, 5.74) is 3.59. The third kappa shape index (κ3) is 3.68. The zero-order chi connectivity index (χ0) is 24.2. The first kappa shape index (κ1) is 22.3. The normalized spacial score (nSPS) is 17.5. The van der Waals surface area contributed by atoms with Gasteiger partial charge in [0, 0.05) is 49.0 Å². The molecule has 0 amide bonds. The zero-order valence-electron chi connectivity index (χ0n) is 20.1. The molecule has 34 heavy (non-hydrogen) atoms. The van der Waals surface area contributed by atoms with Crippen molar-refractivity contribution in [1.29, 1.82) is 0 Å². The smallest absolute Gasteiger partial charge is 0.347 e. The van der Waals surface area contributed by atoms with Gasteiger partial charge in [0.1, 0.15) is 11.1 Å². The topological polar surface area (TPSA) is 88.8 Å². The van der Waals surface area contributed by atoms with Gasteiger partial charge in [-0.15, -0.1) is 0 Å². The molecule has 0 saturated carbocycles. The second kappa shape index (κ2) is 8.06. The summed E-state index contributed by atoms with van der Waals surface area (Å²) in [6, 6.07) is 5.48. The summed E-state index contributed by atoms with van der Waals surface area (Å²) >= 11 is 0. The van der Waals surface area contributed by atoms with Crippen LogP contribution in [0.3, 0.4) is 0 Å². The van der Waals surface area contributed by atoms with E-state index in [2.05, 4.69) is 41.7 Å². The minimum absolute atomic E-state index is 0.0237. The molecule has 5 rings (SSSR count). The van der Waals surface area contributed by atoms with Gasteiger partial charge in [0.25, 0.3) is 0 Å². The highest BCUT2D eigenvalue weighted by Gasteiger charge is 2.29. The number of nitrogens with zero attached hydrogens (tertiary/aromatic N) is 4. The molecule has 0 aliphatic carbocycles. The molecule has 0 bridgehead atoms. The van der Waals surface area contributed by atoms with Crippen LogP contribution in [0.4, 0.5) is 11.6 Å². The Morgan fingerprint density at radius 3 is 2.53 bits per heavy atom. The maximum Gasteiger partial charge on any atom is 0.347 e. The van der Waals surface area contributed by atoms with Gasteiger partial charge in [0.15, 0.2) is 0 Å². The molecule has 2 aromatic heterocycles. The van der Waals surface area contributed by atoms with Gasteiger partial charge in [0.05, 0.1) is 30.0 Å². The highest BCUT2D eigenvalue weighted by Crippen LogP contribution is 2.40. The molecule has 0 atom stereocenters. The maximum atomic E-state index is 13.3. The van der Waals surface area contributed by atoms with Gasteiger partial charge in [0.2, 0.25) is 11.7 Å². The van der Waals surface area contributed by atoms with Gasteiger partial charge < -0.3 is 19.0 Å². The molecule has 2 aliphatic rings. The van der Waals surface area contributed by atoms with Crippen LogP contribution in [0.25, 0.3) is 16.5 Å². The van der Waals surface area contributed by atoms with E-state index in [-0.39, 0.29) is 11.1 Å². The lowest BCUT2D eigenvalue weighted by atomic mass is 9.88. The van der Waals surface area contributed by atoms with Gasteiger partial charge >= 0.3 is 5.63 Å². The first-order valence-electron chi connectivity index (χ1n) is 11.4. The van der Waals surface area contributed by atoms with E-state index in [0.717, 1.165) is 16.8 Å². The molecule has 176 valence electrons. The molecule has 0 radical (unpaired) electrons. The number of morpholine rings is 1. The van der Waals surface area contributed by atoms with Crippen LogP contribution < -0.4 is 15.4 Å². The third-order valence-electron chi connectivity index (χ3n) is 6.82. The highest BCUT2D eigenvalue weighted by molar-refractivity contribution is 6.10. The van der Waals surface area contributed by atoms with Gasteiger partial charge in [-0.25, -0.2) is 14.8 Å². The molecule has 0 spiro atoms. The second-order valence-corrected chi connectivity index (χ2v) is 9.49. The van der Waals surface area contributed by atoms with E-state index in [9.17, 15) is 9.59 Å². The fraction of sp³-hybridized carbons (Fsp3) is 0.385. The average molecular weight is 461 g/mol. The first-order chi connectivity index (χ1) is 16.2. The number of ketones is 1. The Hall–Kier alpha value is -3.52. The lowest BCUT2D eigenvalue weighted by molar-refractivity contribution is 0.103. The molecule has 8 nitrogen and oxygen atoms in total. The van der Waals surface area contributed by atoms with Crippen LogP contribution in [0, 0.1) is 6.92 Å². The maximum absolute atomic E-state index is 13.3. The lowest BCUT2D eigenvalue weighted by Gasteiger charge is -2.40. The van der Waals surface area contributed by atoms with Crippen LogP contribution in [0.2, 0.25) is 0 Å². The van der Waals surface area contributed by atoms with Crippen molar-refractivity contribution in [3.63, 3.8) is 0 Å². The third-order valence-corrected chi connectivity index (χ3v) is 6.82. The number of benzene rings is 1. The Labute approximate surface area is 197 Å². The van der Waals surface area contributed by atoms with Crippen molar-refractivity contribution in [1.82, 2.24) is 9.97 Å². The van der Waals surface area contributed by atoms with Crippen molar-refractivity contribution in [2.75, 3.05) is 43.2 Å². The van der Waals surface area contributed by atoms with E-state index in [1.54, 1.807) is 13.0 Å². The van der Waals surface area contributed by atoms with Crippen LogP contribution in [0.15, 0.2) is 39.7 Å². The SMILES string of the molecule is CC1=CC(C)(C)N(C)c2cc3oc(=O)c(C(=O)c4cnc(N5CCOCC5)nc4C)cc3cc21. The molecule has 4 heterocycles. The van der Waals surface area contributed by atoms with Crippen LogP contribution in [0.1, 0.15) is 48.0 Å². The number of likely N-dealkylation sites (N-methyl/N-ethyl adjacent to an activating group) is 1. The monoisotopic (exact) mass is 460 g/mol. The standard InChI is InChI=1S/C26H28N4O4/c1-15-13-26(3,4)29(5)21-12-22-17(10-18(15)21)11-19(24(32)34-22)23(31)20-14-27-25(28-16(20)2)30-6-8-33-9-7-30/h10-14H,6-9H2,1-5H3. The number of hydrogen-bond acceptors (Lipinski definition) is 8. The summed E-state index contributed by atoms with van der Waals surface area (Å²) in [6.45, 7) is 10.7. The Bertz CT molecular complexity index is 1400. The Balaban J connectivity index is 1.54. The number of aryl methyl sites for hydroxylation is 1. The number of anilines is 2. The number of aromatic nitrogens is 2. The highest BCUT2D eigenvalue weighted by atomic mass is 16.5. The van der Waals surface area contributed by atoms with Crippen LogP contribution >= 0.6 is 0 Å². The van der Waals surface area contributed by atoms with Gasteiger partial charge in [-0.05, 0) is 45.4 Å². The second-order valence-electron chi connectivity index (χ2n) is 9.49. The molecular weight excluding hydrogens is 432 g/mol. The van der Waals surface area contributed by atoms with Gasteiger partial charge in [-0.2, -0.15) is 0 Å². The zero-order valence-corrected chi connectivity index (χ0v) is 20.1. The predicted molar refractivity (Wildman–Crippen MR) is 132 cm³/mol. The van der Waals surface area contributed by atoms with Crippen molar-refractivity contribution in [3.8, 4) is 0 Å². The average Bonchev–Trinajstić information content (AvgIpc) is 2.81. The summed E-state index contributed by atoms with van der Waals surface area (Å²) in [4.78, 5) is 39.2. The Morgan fingerprint density at radius 2 is 1.82 bits per heavy atom. The molecule has 1 aromatic carbocycles. The van der Waals surface area contributed by atoms with Crippen LogP contribution in [0.5, 0.6) is 0 Å². The number of rotatable bonds is 3. The number of fused-ring (bicyclic) bond motifs is 2. The van der Waals surface area contributed by atoms with E-state index in [4.69, 9.17) is 9.15 Å². The van der Waals surface area contributed by atoms with Gasteiger partial charge in [-0.3, -0.25) is 4.79 Å². The van der Waals surface area contributed by atoms with Crippen molar-refractivity contribution in [2.24, 2.45) is 0 Å². The first-order valence-corrected chi connectivity index (χ1v) is 11.4. The molecule has 1 fully saturated rings. The molecule has 3 aromatic rings. The summed E-state index contributed by atoms with van der Waals surface area (Å²) in [6.07, 6.45) is 3.71. The van der Waals surface area contributed by atoms with E-state index in [1.807, 2.05) is 24.1 Å². The summed E-state index contributed by atoms with van der Waals surface area (Å²) in [5, 5.41) is 0.700. The predicted octanol–water partition coefficient (Wildman–Crippen LogP) is 3.59. The van der Waals surface area contributed by atoms with E-state index in [1.165, 1.54) is 6.20 Å². The molecule has 2 aliphatic heterocycles. The van der Waals surface area contributed by atoms with Gasteiger partial charge in [-0.1, -0.05) is 6.08 Å². The summed E-state index contributed by atoms with van der Waals surface area (Å²) < 4.78 is 11.0. The summed E-state index contributed by atoms with van der Waals surface area (Å²) in [7, 11) is 2.02. The Morgan fingerprint density at radius 1 is 1.09 bits per heavy atom. The molecule has 0 N–H and O–H groups in total. The van der Waals surface area contributed by atoms with Crippen molar-refractivity contribution >= 4 is 34.0 Å². The molecule has 0 unspecified atom stereocenters. The lowest BCUT2D eigenvalue weighted by Crippen LogP contribution is -2.42. The van der Waals surface area contributed by atoms with E-state index in [0.29, 0.717) is 54.5 Å². The molecule has 1 saturated heterocycles. The minimum atomic E-state index is -0.668. The number of allylic oxidation sites excluding steroid dienone is 1. The van der Waals surface area contributed by atoms with Crippen LogP contribution in [-0.4, -0.2) is 54.6 Å². The van der Waals surface area contributed by atoms with E-state index < -0.39 is 11.4 Å². The fourth-order valence-electron chi connectivity index (χ4n) is 4.66. The quantitative estimate of drug-likeness (QED) is 0.433. The Kier molecular flexibility index (Phi) is 5.28.